The summed E-state index contributed by atoms with van der Waals surface area (Å²) in [4.78, 5) is 21.7. The Morgan fingerprint density at radius 1 is 1.02 bits per heavy atom. The Balaban J connectivity index is 1.32. The van der Waals surface area contributed by atoms with Crippen LogP contribution >= 0.6 is 0 Å². The van der Waals surface area contributed by atoms with E-state index in [9.17, 15) is 18.0 Å². The fraction of sp³-hybridized carbons (Fsp3) is 0.323. The third kappa shape index (κ3) is 6.76. The third-order valence-electron chi connectivity index (χ3n) is 7.17. The van der Waals surface area contributed by atoms with Crippen molar-refractivity contribution >= 4 is 17.2 Å². The fourth-order valence-corrected chi connectivity index (χ4v) is 4.93. The van der Waals surface area contributed by atoms with Crippen LogP contribution < -0.4 is 5.32 Å². The number of amides is 1. The van der Waals surface area contributed by atoms with Gasteiger partial charge in [-0.1, -0.05) is 25.0 Å². The van der Waals surface area contributed by atoms with Gasteiger partial charge in [-0.2, -0.15) is 18.3 Å². The summed E-state index contributed by atoms with van der Waals surface area (Å²) < 4.78 is 43.7. The number of carbonyl (C=O) groups is 1. The lowest BCUT2D eigenvalue weighted by Crippen LogP contribution is -2.46. The molecular weight excluding hydrogens is 529 g/mol. The quantitative estimate of drug-likeness (QED) is 0.327. The highest BCUT2D eigenvalue weighted by Gasteiger charge is 2.34. The summed E-state index contributed by atoms with van der Waals surface area (Å²) in [6.45, 7) is 8.36. The number of hydrogen-bond donors (Lipinski definition) is 1. The Morgan fingerprint density at radius 3 is 2.56 bits per heavy atom. The van der Waals surface area contributed by atoms with Gasteiger partial charge in [-0.3, -0.25) is 9.69 Å². The number of imidazole rings is 1. The summed E-state index contributed by atoms with van der Waals surface area (Å²) in [5.41, 5.74) is 2.59. The van der Waals surface area contributed by atoms with Gasteiger partial charge in [0.05, 0.1) is 11.8 Å². The van der Waals surface area contributed by atoms with Crippen LogP contribution in [-0.4, -0.2) is 63.0 Å². The van der Waals surface area contributed by atoms with E-state index in [-0.39, 0.29) is 17.8 Å². The Labute approximate surface area is 237 Å². The molecule has 0 radical (unpaired) electrons. The maximum Gasteiger partial charge on any atom is 0.416 e. The van der Waals surface area contributed by atoms with Gasteiger partial charge in [0.1, 0.15) is 5.69 Å². The first-order chi connectivity index (χ1) is 19.7. The molecule has 2 aromatic heterocycles. The van der Waals surface area contributed by atoms with Crippen molar-refractivity contribution in [1.29, 1.82) is 0 Å². The van der Waals surface area contributed by atoms with E-state index in [1.54, 1.807) is 41.2 Å². The molecule has 10 heteroatoms. The molecule has 3 heterocycles. The Morgan fingerprint density at radius 2 is 1.80 bits per heavy atom. The van der Waals surface area contributed by atoms with Crippen molar-refractivity contribution in [3.8, 4) is 11.8 Å². The zero-order valence-electron chi connectivity index (χ0n) is 23.0. The summed E-state index contributed by atoms with van der Waals surface area (Å²) >= 11 is 0. The molecule has 4 aromatic rings. The molecule has 41 heavy (non-hydrogen) atoms. The molecule has 2 aromatic carbocycles. The van der Waals surface area contributed by atoms with Crippen LogP contribution in [0.25, 0.3) is 5.65 Å². The van der Waals surface area contributed by atoms with Crippen LogP contribution in [0.1, 0.15) is 51.7 Å². The number of hydrogen-bond acceptors (Lipinski definition) is 5. The zero-order chi connectivity index (χ0) is 29.0. The highest BCUT2D eigenvalue weighted by Crippen LogP contribution is 2.34. The lowest BCUT2D eigenvalue weighted by atomic mass is 10.0. The molecule has 212 valence electrons. The van der Waals surface area contributed by atoms with Crippen LogP contribution in [0.2, 0.25) is 0 Å². The van der Waals surface area contributed by atoms with E-state index in [1.165, 1.54) is 12.1 Å². The van der Waals surface area contributed by atoms with Crippen molar-refractivity contribution in [2.24, 2.45) is 0 Å². The second kappa shape index (κ2) is 12.1. The SMILES string of the molecule is CCCN1CCN(Cc2ccc(NC(=O)c3ccc(C)c(C#Cc4cnc5cccnn45)c3)cc2C(F)(F)F)CC1. The molecule has 1 saturated heterocycles. The zero-order valence-corrected chi connectivity index (χ0v) is 23.0. The molecule has 1 N–H and O–H groups in total. The maximum absolute atomic E-state index is 14.0. The number of halogens is 3. The van der Waals surface area contributed by atoms with E-state index in [1.807, 2.05) is 17.9 Å². The minimum atomic E-state index is -4.54. The molecule has 0 atom stereocenters. The molecule has 5 rings (SSSR count). The molecule has 7 nitrogen and oxygen atoms in total. The molecule has 0 aliphatic carbocycles. The Kier molecular flexibility index (Phi) is 8.38. The van der Waals surface area contributed by atoms with Crippen LogP contribution in [0.5, 0.6) is 0 Å². The number of alkyl halides is 3. The first kappa shape index (κ1) is 28.3. The van der Waals surface area contributed by atoms with E-state index < -0.39 is 17.6 Å². The second-order valence-electron chi connectivity index (χ2n) is 10.2. The predicted molar refractivity (Wildman–Crippen MR) is 152 cm³/mol. The minimum absolute atomic E-state index is 0.0869. The van der Waals surface area contributed by atoms with Crippen molar-refractivity contribution in [3.05, 3.63) is 94.4 Å². The van der Waals surface area contributed by atoms with Crippen molar-refractivity contribution < 1.29 is 18.0 Å². The van der Waals surface area contributed by atoms with Gasteiger partial charge in [0.15, 0.2) is 5.65 Å². The summed E-state index contributed by atoms with van der Waals surface area (Å²) in [5.74, 6) is 5.59. The van der Waals surface area contributed by atoms with Gasteiger partial charge >= 0.3 is 6.18 Å². The third-order valence-corrected chi connectivity index (χ3v) is 7.17. The summed E-state index contributed by atoms with van der Waals surface area (Å²) in [5, 5.41) is 6.87. The van der Waals surface area contributed by atoms with Crippen LogP contribution in [-0.2, 0) is 12.7 Å². The van der Waals surface area contributed by atoms with E-state index >= 15 is 0 Å². The first-order valence-electron chi connectivity index (χ1n) is 13.6. The van der Waals surface area contributed by atoms with E-state index in [2.05, 4.69) is 39.1 Å². The van der Waals surface area contributed by atoms with Crippen molar-refractivity contribution in [2.45, 2.75) is 33.0 Å². The summed E-state index contributed by atoms with van der Waals surface area (Å²) in [6.07, 6.45) is -0.222. The van der Waals surface area contributed by atoms with Gasteiger partial charge in [-0.15, -0.1) is 0 Å². The van der Waals surface area contributed by atoms with Crippen LogP contribution in [0, 0.1) is 18.8 Å². The number of benzene rings is 2. The molecule has 0 spiro atoms. The van der Waals surface area contributed by atoms with E-state index in [0.29, 0.717) is 22.5 Å². The monoisotopic (exact) mass is 560 g/mol. The number of fused-ring (bicyclic) bond motifs is 1. The van der Waals surface area contributed by atoms with Crippen molar-refractivity contribution in [2.75, 3.05) is 38.0 Å². The number of aryl methyl sites for hydroxylation is 1. The number of aromatic nitrogens is 3. The average Bonchev–Trinajstić information content (AvgIpc) is 3.37. The van der Waals surface area contributed by atoms with Crippen molar-refractivity contribution in [1.82, 2.24) is 24.4 Å². The van der Waals surface area contributed by atoms with Crippen LogP contribution in [0.4, 0.5) is 18.9 Å². The largest absolute Gasteiger partial charge is 0.416 e. The topological polar surface area (TPSA) is 65.8 Å². The van der Waals surface area contributed by atoms with Crippen LogP contribution in [0.15, 0.2) is 60.9 Å². The normalized spacial score (nSPS) is 14.6. The van der Waals surface area contributed by atoms with Gasteiger partial charge in [0, 0.05) is 55.7 Å². The Bertz CT molecular complexity index is 1610. The lowest BCUT2D eigenvalue weighted by molar-refractivity contribution is -0.138. The van der Waals surface area contributed by atoms with Gasteiger partial charge in [0.25, 0.3) is 5.91 Å². The number of nitrogens with zero attached hydrogens (tertiary/aromatic N) is 5. The van der Waals surface area contributed by atoms with E-state index in [0.717, 1.165) is 50.8 Å². The first-order valence-corrected chi connectivity index (χ1v) is 13.6. The number of carbonyl (C=O) groups excluding carboxylic acids is 1. The highest BCUT2D eigenvalue weighted by atomic mass is 19.4. The smallest absolute Gasteiger partial charge is 0.322 e. The van der Waals surface area contributed by atoms with E-state index in [4.69, 9.17) is 0 Å². The molecule has 1 fully saturated rings. The molecule has 1 amide bonds. The van der Waals surface area contributed by atoms with Gasteiger partial charge < -0.3 is 10.2 Å². The number of anilines is 1. The summed E-state index contributed by atoms with van der Waals surface area (Å²) in [7, 11) is 0. The Hall–Kier alpha value is -4.20. The second-order valence-corrected chi connectivity index (χ2v) is 10.2. The predicted octanol–water partition coefficient (Wildman–Crippen LogP) is 5.24. The maximum atomic E-state index is 14.0. The van der Waals surface area contributed by atoms with Crippen molar-refractivity contribution in [3.63, 3.8) is 0 Å². The molecule has 0 unspecified atom stereocenters. The average molecular weight is 561 g/mol. The van der Waals surface area contributed by atoms with Gasteiger partial charge in [-0.25, -0.2) is 9.50 Å². The summed E-state index contributed by atoms with van der Waals surface area (Å²) in [6, 6.07) is 12.6. The van der Waals surface area contributed by atoms with Crippen LogP contribution in [0.3, 0.4) is 0 Å². The molecule has 0 saturated carbocycles. The minimum Gasteiger partial charge on any atom is -0.322 e. The number of rotatable bonds is 6. The highest BCUT2D eigenvalue weighted by molar-refractivity contribution is 6.04. The number of piperazine rings is 1. The number of nitrogens with one attached hydrogen (secondary N) is 1. The van der Waals surface area contributed by atoms with Gasteiger partial charge in [0.2, 0.25) is 0 Å². The fourth-order valence-electron chi connectivity index (χ4n) is 4.93. The lowest BCUT2D eigenvalue weighted by Gasteiger charge is -2.35. The molecule has 1 aliphatic rings. The standard InChI is InChI=1S/C31H31F3N6O/c1-3-13-38-14-16-39(17-15-38)21-25-8-10-26(19-28(25)31(32,33)34)37-30(41)24-7-6-22(2)23(18-24)9-11-27-20-35-29-5-4-12-36-40(27)29/h4-8,10,12,18-20H,3,13-17,21H2,1-2H3,(H,37,41). The van der Waals surface area contributed by atoms with Gasteiger partial charge in [-0.05, 0) is 73.3 Å². The molecular formula is C31H31F3N6O. The molecule has 0 bridgehead atoms. The molecule has 1 aliphatic heterocycles.